The zero-order valence-corrected chi connectivity index (χ0v) is 13.8. The van der Waals surface area contributed by atoms with Gasteiger partial charge in [0.2, 0.25) is 0 Å². The summed E-state index contributed by atoms with van der Waals surface area (Å²) in [7, 11) is 1.56. The number of primary amides is 1. The Bertz CT molecular complexity index is 768. The Morgan fingerprint density at radius 3 is 2.57 bits per heavy atom. The van der Waals surface area contributed by atoms with Gasteiger partial charge in [-0.3, -0.25) is 4.79 Å². The van der Waals surface area contributed by atoms with Crippen LogP contribution in [0.1, 0.15) is 21.7 Å². The number of aromatic nitrogens is 1. The van der Waals surface area contributed by atoms with Crippen molar-refractivity contribution >= 4 is 23.5 Å². The summed E-state index contributed by atoms with van der Waals surface area (Å²) in [5.41, 5.74) is 7.50. The van der Waals surface area contributed by atoms with Crippen molar-refractivity contribution in [1.82, 2.24) is 4.57 Å². The summed E-state index contributed by atoms with van der Waals surface area (Å²) < 4.78 is 12.1. The van der Waals surface area contributed by atoms with Gasteiger partial charge in [0.1, 0.15) is 5.75 Å². The number of amides is 1. The maximum atomic E-state index is 12.1. The lowest BCUT2D eigenvalue weighted by Crippen LogP contribution is -2.21. The number of halogens is 1. The molecule has 1 heterocycles. The first-order valence-corrected chi connectivity index (χ1v) is 7.21. The van der Waals surface area contributed by atoms with Crippen LogP contribution in [-0.4, -0.2) is 30.2 Å². The Labute approximate surface area is 138 Å². The number of nitrogens with two attached hydrogens (primary N) is 1. The van der Waals surface area contributed by atoms with E-state index in [1.54, 1.807) is 38.3 Å². The second-order valence-corrected chi connectivity index (χ2v) is 5.42. The van der Waals surface area contributed by atoms with Crippen LogP contribution < -0.4 is 10.5 Å². The average Bonchev–Trinajstić information content (AvgIpc) is 2.79. The summed E-state index contributed by atoms with van der Waals surface area (Å²) in [5.74, 6) is -0.693. The number of carbonyl (C=O) groups is 2. The Morgan fingerprint density at radius 2 is 1.96 bits per heavy atom. The van der Waals surface area contributed by atoms with Gasteiger partial charge in [-0.25, -0.2) is 4.79 Å². The van der Waals surface area contributed by atoms with Gasteiger partial charge in [0.05, 0.1) is 18.4 Å². The largest absolute Gasteiger partial charge is 0.495 e. The molecule has 0 unspecified atom stereocenters. The third-order valence-electron chi connectivity index (χ3n) is 3.38. The van der Waals surface area contributed by atoms with Crippen molar-refractivity contribution < 1.29 is 19.1 Å². The number of aryl methyl sites for hydroxylation is 1. The highest BCUT2D eigenvalue weighted by atomic mass is 35.5. The molecule has 23 heavy (non-hydrogen) atoms. The molecule has 6 nitrogen and oxygen atoms in total. The zero-order chi connectivity index (χ0) is 17.1. The monoisotopic (exact) mass is 336 g/mol. The third kappa shape index (κ3) is 3.48. The van der Waals surface area contributed by atoms with Crippen LogP contribution >= 0.6 is 11.6 Å². The molecule has 0 spiro atoms. The number of nitrogens with zero attached hydrogens (tertiary/aromatic N) is 1. The Balaban J connectivity index is 2.48. The topological polar surface area (TPSA) is 83.6 Å². The van der Waals surface area contributed by atoms with E-state index >= 15 is 0 Å². The van der Waals surface area contributed by atoms with Gasteiger partial charge in [0, 0.05) is 16.4 Å². The maximum absolute atomic E-state index is 12.1. The minimum absolute atomic E-state index is 0.353. The highest BCUT2D eigenvalue weighted by molar-refractivity contribution is 6.30. The smallest absolute Gasteiger partial charge is 0.340 e. The van der Waals surface area contributed by atoms with E-state index in [1.165, 1.54) is 0 Å². The summed E-state index contributed by atoms with van der Waals surface area (Å²) in [4.78, 5) is 22.8. The molecule has 1 aromatic heterocycles. The highest BCUT2D eigenvalue weighted by Crippen LogP contribution is 2.30. The lowest BCUT2D eigenvalue weighted by atomic mass is 10.2. The zero-order valence-electron chi connectivity index (χ0n) is 13.1. The maximum Gasteiger partial charge on any atom is 0.340 e. The Kier molecular flexibility index (Phi) is 4.95. The molecule has 0 aliphatic carbocycles. The van der Waals surface area contributed by atoms with Crippen molar-refractivity contribution in [3.05, 3.63) is 46.2 Å². The number of carbonyl (C=O) groups excluding carboxylic acids is 2. The predicted molar refractivity (Wildman–Crippen MR) is 86.3 cm³/mol. The summed E-state index contributed by atoms with van der Waals surface area (Å²) in [6.07, 6.45) is 0. The van der Waals surface area contributed by atoms with Crippen LogP contribution in [0.15, 0.2) is 24.3 Å². The molecule has 1 aromatic carbocycles. The molecule has 0 fully saturated rings. The van der Waals surface area contributed by atoms with E-state index in [0.29, 0.717) is 27.7 Å². The fourth-order valence-electron chi connectivity index (χ4n) is 2.39. The molecule has 2 aromatic rings. The van der Waals surface area contributed by atoms with Crippen LogP contribution in [0.3, 0.4) is 0 Å². The minimum Gasteiger partial charge on any atom is -0.495 e. The van der Waals surface area contributed by atoms with Crippen molar-refractivity contribution in [2.45, 2.75) is 13.8 Å². The minimum atomic E-state index is -0.705. The van der Waals surface area contributed by atoms with Crippen molar-refractivity contribution in [2.75, 3.05) is 13.7 Å². The van der Waals surface area contributed by atoms with Crippen LogP contribution in [0, 0.1) is 13.8 Å². The van der Waals surface area contributed by atoms with Crippen LogP contribution in [0.5, 0.6) is 5.75 Å². The van der Waals surface area contributed by atoms with Crippen LogP contribution in [-0.2, 0) is 9.53 Å². The lowest BCUT2D eigenvalue weighted by Gasteiger charge is -2.14. The van der Waals surface area contributed by atoms with Crippen LogP contribution in [0.25, 0.3) is 5.69 Å². The molecule has 0 saturated carbocycles. The summed E-state index contributed by atoms with van der Waals surface area (Å²) >= 11 is 6.07. The molecular formula is C16H17ClN2O4. The fourth-order valence-corrected chi connectivity index (χ4v) is 2.56. The van der Waals surface area contributed by atoms with Crippen molar-refractivity contribution in [3.8, 4) is 11.4 Å². The number of esters is 1. The standard InChI is InChI=1S/C16H17ClN2O4/c1-9-6-12(16(21)23-8-15(18)20)10(2)19(9)13-7-11(17)4-5-14(13)22-3/h4-7H,8H2,1-3H3,(H2,18,20). The first kappa shape index (κ1) is 16.9. The van der Waals surface area contributed by atoms with Crippen LogP contribution in [0.4, 0.5) is 0 Å². The quantitative estimate of drug-likeness (QED) is 0.850. The number of hydrogen-bond acceptors (Lipinski definition) is 4. The normalized spacial score (nSPS) is 10.4. The molecule has 2 rings (SSSR count). The van der Waals surface area contributed by atoms with E-state index in [4.69, 9.17) is 26.8 Å². The number of methoxy groups -OCH3 is 1. The van der Waals surface area contributed by atoms with E-state index in [2.05, 4.69) is 0 Å². The Morgan fingerprint density at radius 1 is 1.26 bits per heavy atom. The second-order valence-electron chi connectivity index (χ2n) is 4.98. The van der Waals surface area contributed by atoms with Crippen molar-refractivity contribution in [2.24, 2.45) is 5.73 Å². The van der Waals surface area contributed by atoms with Gasteiger partial charge < -0.3 is 19.8 Å². The molecular weight excluding hydrogens is 320 g/mol. The van der Waals surface area contributed by atoms with Gasteiger partial charge >= 0.3 is 5.97 Å². The molecule has 0 atom stereocenters. The number of benzene rings is 1. The first-order chi connectivity index (χ1) is 10.8. The average molecular weight is 337 g/mol. The van der Waals surface area contributed by atoms with E-state index < -0.39 is 18.5 Å². The van der Waals surface area contributed by atoms with E-state index in [-0.39, 0.29) is 0 Å². The molecule has 2 N–H and O–H groups in total. The van der Waals surface area contributed by atoms with E-state index in [1.807, 2.05) is 11.5 Å². The molecule has 0 aliphatic rings. The second kappa shape index (κ2) is 6.75. The summed E-state index contributed by atoms with van der Waals surface area (Å²) in [6, 6.07) is 6.90. The third-order valence-corrected chi connectivity index (χ3v) is 3.61. The highest BCUT2D eigenvalue weighted by Gasteiger charge is 2.20. The predicted octanol–water partition coefficient (Wildman–Crippen LogP) is 2.40. The summed E-state index contributed by atoms with van der Waals surface area (Å²) in [6.45, 7) is 3.16. The molecule has 0 bridgehead atoms. The van der Waals surface area contributed by atoms with Crippen LogP contribution in [0.2, 0.25) is 5.02 Å². The van der Waals surface area contributed by atoms with Gasteiger partial charge in [-0.1, -0.05) is 11.6 Å². The molecule has 0 saturated heterocycles. The van der Waals surface area contributed by atoms with E-state index in [9.17, 15) is 9.59 Å². The summed E-state index contributed by atoms with van der Waals surface area (Å²) in [5, 5.41) is 0.547. The Hall–Kier alpha value is -2.47. The van der Waals surface area contributed by atoms with Gasteiger partial charge in [-0.15, -0.1) is 0 Å². The molecule has 7 heteroatoms. The lowest BCUT2D eigenvalue weighted by molar-refractivity contribution is -0.121. The fraction of sp³-hybridized carbons (Fsp3) is 0.250. The number of rotatable bonds is 5. The number of hydrogen-bond donors (Lipinski definition) is 1. The van der Waals surface area contributed by atoms with Crippen molar-refractivity contribution in [1.29, 1.82) is 0 Å². The van der Waals surface area contributed by atoms with E-state index in [0.717, 1.165) is 5.69 Å². The molecule has 122 valence electrons. The van der Waals surface area contributed by atoms with Gasteiger partial charge in [-0.2, -0.15) is 0 Å². The first-order valence-electron chi connectivity index (χ1n) is 6.83. The SMILES string of the molecule is COc1ccc(Cl)cc1-n1c(C)cc(C(=O)OCC(N)=O)c1C. The van der Waals surface area contributed by atoms with Crippen molar-refractivity contribution in [3.63, 3.8) is 0 Å². The number of ether oxygens (including phenoxy) is 2. The van der Waals surface area contributed by atoms with Gasteiger partial charge in [-0.05, 0) is 38.1 Å². The molecule has 0 radical (unpaired) electrons. The van der Waals surface area contributed by atoms with Gasteiger partial charge in [0.15, 0.2) is 6.61 Å². The molecule has 0 aliphatic heterocycles. The molecule has 1 amide bonds. The van der Waals surface area contributed by atoms with Gasteiger partial charge in [0.25, 0.3) is 5.91 Å².